The maximum atomic E-state index is 13.4. The van der Waals surface area contributed by atoms with Gasteiger partial charge in [0.05, 0.1) is 17.3 Å². The molecule has 1 amide bonds. The summed E-state index contributed by atoms with van der Waals surface area (Å²) in [6, 6.07) is 11.5. The molecule has 0 atom stereocenters. The van der Waals surface area contributed by atoms with Gasteiger partial charge in [-0.05, 0) is 56.7 Å². The Labute approximate surface area is 202 Å². The molecule has 1 aliphatic rings. The normalized spacial score (nSPS) is 13.3. The van der Waals surface area contributed by atoms with Crippen molar-refractivity contribution in [3.05, 3.63) is 76.5 Å². The van der Waals surface area contributed by atoms with Gasteiger partial charge in [0, 0.05) is 24.2 Å². The van der Waals surface area contributed by atoms with Crippen LogP contribution in [-0.2, 0) is 24.3 Å². The maximum Gasteiger partial charge on any atom is 0.410 e. The largest absolute Gasteiger partial charge is 0.487 e. The Balaban J connectivity index is 1.46. The van der Waals surface area contributed by atoms with Crippen molar-refractivity contribution in [2.45, 2.75) is 45.9 Å². The lowest BCUT2D eigenvalue weighted by Crippen LogP contribution is -2.40. The predicted octanol–water partition coefficient (Wildman–Crippen LogP) is 5.88. The lowest BCUT2D eigenvalue weighted by atomic mass is 10.1. The first-order chi connectivity index (χ1) is 16.2. The summed E-state index contributed by atoms with van der Waals surface area (Å²) in [6.45, 7) is 6.60. The second-order valence-electron chi connectivity index (χ2n) is 8.99. The molecule has 0 spiro atoms. The van der Waals surface area contributed by atoms with Crippen LogP contribution < -0.4 is 10.1 Å². The quantitative estimate of drug-likeness (QED) is 0.487. The average molecular weight is 485 g/mol. The number of fused-ring (bicyclic) bond motifs is 1. The number of nitrogens with one attached hydrogen (secondary N) is 1. The Morgan fingerprint density at radius 2 is 2.03 bits per heavy atom. The van der Waals surface area contributed by atoms with Gasteiger partial charge in [0.25, 0.3) is 0 Å². The summed E-state index contributed by atoms with van der Waals surface area (Å²) in [4.78, 5) is 23.0. The Morgan fingerprint density at radius 1 is 1.21 bits per heavy atom. The number of hydrogen-bond acceptors (Lipinski definition) is 6. The van der Waals surface area contributed by atoms with Crippen LogP contribution >= 0.6 is 11.6 Å². The maximum absolute atomic E-state index is 13.4. The monoisotopic (exact) mass is 484 g/mol. The molecule has 0 fully saturated rings. The van der Waals surface area contributed by atoms with Crippen LogP contribution in [0, 0.1) is 5.82 Å². The van der Waals surface area contributed by atoms with Crippen molar-refractivity contribution in [1.82, 2.24) is 14.9 Å². The van der Waals surface area contributed by atoms with Gasteiger partial charge in [0.15, 0.2) is 0 Å². The molecule has 0 saturated heterocycles. The summed E-state index contributed by atoms with van der Waals surface area (Å²) in [5.41, 5.74) is 2.57. The molecule has 0 unspecified atom stereocenters. The molecular weight excluding hydrogens is 459 g/mol. The fourth-order valence-electron chi connectivity index (χ4n) is 3.55. The van der Waals surface area contributed by atoms with Crippen LogP contribution in [0.4, 0.5) is 20.7 Å². The van der Waals surface area contributed by atoms with Crippen LogP contribution in [0.5, 0.6) is 5.75 Å². The van der Waals surface area contributed by atoms with E-state index >= 15 is 0 Å². The van der Waals surface area contributed by atoms with Gasteiger partial charge in [-0.1, -0.05) is 23.7 Å². The number of rotatable bonds is 5. The fraction of sp³-hybridized carbons (Fsp3) is 0.320. The van der Waals surface area contributed by atoms with Crippen molar-refractivity contribution in [2.75, 3.05) is 11.9 Å². The summed E-state index contributed by atoms with van der Waals surface area (Å²) in [6.07, 6.45) is 1.75. The first kappa shape index (κ1) is 23.8. The van der Waals surface area contributed by atoms with E-state index in [0.717, 1.165) is 11.3 Å². The minimum absolute atomic E-state index is 0.199. The van der Waals surface area contributed by atoms with Crippen LogP contribution in [0.15, 0.2) is 48.8 Å². The fourth-order valence-corrected chi connectivity index (χ4v) is 3.79. The van der Waals surface area contributed by atoms with Crippen molar-refractivity contribution >= 4 is 29.2 Å². The zero-order chi connectivity index (χ0) is 24.3. The van der Waals surface area contributed by atoms with Gasteiger partial charge in [-0.2, -0.15) is 0 Å². The van der Waals surface area contributed by atoms with Crippen molar-refractivity contribution in [1.29, 1.82) is 0 Å². The van der Waals surface area contributed by atoms with Crippen LogP contribution in [0.1, 0.15) is 37.6 Å². The number of anilines is 2. The molecule has 3 aromatic rings. The lowest BCUT2D eigenvalue weighted by Gasteiger charge is -2.31. The number of benzene rings is 2. The molecule has 34 heavy (non-hydrogen) atoms. The van der Waals surface area contributed by atoms with E-state index in [0.29, 0.717) is 47.4 Å². The van der Waals surface area contributed by atoms with E-state index in [1.165, 1.54) is 18.5 Å². The predicted molar refractivity (Wildman–Crippen MR) is 128 cm³/mol. The summed E-state index contributed by atoms with van der Waals surface area (Å²) in [5, 5.41) is 3.67. The standard InChI is InChI=1S/C25H26ClFN4O3/c1-25(2,3)34-24(32)31-10-9-21-19(13-31)23(29-15-28-21)30-18-7-8-22(20(26)12-18)33-14-16-5-4-6-17(27)11-16/h4-8,11-12,15H,9-10,13-14H2,1-3H3,(H,28,29,30). The molecule has 0 saturated carbocycles. The van der Waals surface area contributed by atoms with Crippen molar-refractivity contribution in [3.8, 4) is 5.75 Å². The molecule has 1 aliphatic heterocycles. The van der Waals surface area contributed by atoms with Crippen LogP contribution in [0.3, 0.4) is 0 Å². The molecule has 7 nitrogen and oxygen atoms in total. The zero-order valence-corrected chi connectivity index (χ0v) is 20.0. The molecule has 9 heteroatoms. The third-order valence-corrected chi connectivity index (χ3v) is 5.43. The molecule has 2 aromatic carbocycles. The topological polar surface area (TPSA) is 76.6 Å². The van der Waals surface area contributed by atoms with Crippen LogP contribution in [0.25, 0.3) is 0 Å². The highest BCUT2D eigenvalue weighted by atomic mass is 35.5. The van der Waals surface area contributed by atoms with E-state index in [1.54, 1.807) is 29.2 Å². The van der Waals surface area contributed by atoms with Crippen molar-refractivity contribution in [3.63, 3.8) is 0 Å². The number of ether oxygens (including phenoxy) is 2. The van der Waals surface area contributed by atoms with E-state index in [9.17, 15) is 9.18 Å². The molecule has 0 radical (unpaired) electrons. The number of halogens is 2. The Morgan fingerprint density at radius 3 is 2.76 bits per heavy atom. The number of carbonyl (C=O) groups excluding carboxylic acids is 1. The number of aromatic nitrogens is 2. The second-order valence-corrected chi connectivity index (χ2v) is 9.40. The number of amides is 1. The number of nitrogens with zero attached hydrogens (tertiary/aromatic N) is 3. The highest BCUT2D eigenvalue weighted by molar-refractivity contribution is 6.32. The molecule has 2 heterocycles. The average Bonchev–Trinajstić information content (AvgIpc) is 2.77. The van der Waals surface area contributed by atoms with E-state index in [2.05, 4.69) is 15.3 Å². The first-order valence-corrected chi connectivity index (χ1v) is 11.3. The van der Waals surface area contributed by atoms with Gasteiger partial charge in [-0.3, -0.25) is 0 Å². The van der Waals surface area contributed by atoms with Crippen LogP contribution in [-0.4, -0.2) is 33.1 Å². The second kappa shape index (κ2) is 9.85. The molecule has 1 N–H and O–H groups in total. The van der Waals surface area contributed by atoms with Gasteiger partial charge in [0.2, 0.25) is 0 Å². The van der Waals surface area contributed by atoms with Gasteiger partial charge >= 0.3 is 6.09 Å². The molecule has 0 aliphatic carbocycles. The summed E-state index contributed by atoms with van der Waals surface area (Å²) >= 11 is 6.42. The minimum Gasteiger partial charge on any atom is -0.487 e. The molecular formula is C25H26ClFN4O3. The summed E-state index contributed by atoms with van der Waals surface area (Å²) in [5.74, 6) is 0.769. The Hall–Kier alpha value is -3.39. The molecule has 4 rings (SSSR count). The highest BCUT2D eigenvalue weighted by Crippen LogP contribution is 2.31. The smallest absolute Gasteiger partial charge is 0.410 e. The highest BCUT2D eigenvalue weighted by Gasteiger charge is 2.28. The number of hydrogen-bond donors (Lipinski definition) is 1. The van der Waals surface area contributed by atoms with Crippen molar-refractivity contribution in [2.24, 2.45) is 0 Å². The van der Waals surface area contributed by atoms with E-state index in [4.69, 9.17) is 21.1 Å². The number of carbonyl (C=O) groups is 1. The molecule has 1 aromatic heterocycles. The van der Waals surface area contributed by atoms with Gasteiger partial charge < -0.3 is 19.7 Å². The molecule has 178 valence electrons. The van der Waals surface area contributed by atoms with Crippen molar-refractivity contribution < 1.29 is 18.7 Å². The van der Waals surface area contributed by atoms with Crippen LogP contribution in [0.2, 0.25) is 5.02 Å². The lowest BCUT2D eigenvalue weighted by molar-refractivity contribution is 0.0223. The van der Waals surface area contributed by atoms with E-state index < -0.39 is 5.60 Å². The van der Waals surface area contributed by atoms with Gasteiger partial charge in [0.1, 0.15) is 35.9 Å². The molecule has 0 bridgehead atoms. The van der Waals surface area contributed by atoms with Gasteiger partial charge in [-0.25, -0.2) is 19.2 Å². The first-order valence-electron chi connectivity index (χ1n) is 10.9. The third-order valence-electron chi connectivity index (χ3n) is 5.13. The summed E-state index contributed by atoms with van der Waals surface area (Å²) < 4.78 is 24.6. The minimum atomic E-state index is -0.569. The Bertz CT molecular complexity index is 1200. The van der Waals surface area contributed by atoms with E-state index in [1.807, 2.05) is 26.8 Å². The van der Waals surface area contributed by atoms with E-state index in [-0.39, 0.29) is 18.5 Å². The van der Waals surface area contributed by atoms with Gasteiger partial charge in [-0.15, -0.1) is 0 Å². The SMILES string of the molecule is CC(C)(C)OC(=O)N1CCc2ncnc(Nc3ccc(OCc4cccc(F)c4)c(Cl)c3)c2C1. The Kier molecular flexibility index (Phi) is 6.88. The zero-order valence-electron chi connectivity index (χ0n) is 19.3. The third kappa shape index (κ3) is 5.94. The summed E-state index contributed by atoms with van der Waals surface area (Å²) in [7, 11) is 0.